The number of sulfonamides is 1. The van der Waals surface area contributed by atoms with Crippen LogP contribution in [-0.4, -0.2) is 171 Å². The number of urea groups is 2. The first-order valence-corrected chi connectivity index (χ1v) is 36.3. The minimum atomic E-state index is -3.25. The van der Waals surface area contributed by atoms with Gasteiger partial charge < -0.3 is 24.3 Å². The largest absolute Gasteiger partial charge is 0.331 e. The number of aromatic nitrogens is 6. The molecule has 0 bridgehead atoms. The summed E-state index contributed by atoms with van der Waals surface area (Å²) in [6.07, 6.45) is 20.5. The van der Waals surface area contributed by atoms with Gasteiger partial charge in [-0.3, -0.25) is 29.6 Å². The number of hydrogen-bond acceptors (Lipinski definition) is 13. The van der Waals surface area contributed by atoms with Gasteiger partial charge >= 0.3 is 12.1 Å². The third-order valence-electron chi connectivity index (χ3n) is 20.1. The normalized spacial score (nSPS) is 18.4. The SMILES string of the molecule is Cc1nccn1CC1=Cc2cccnc2C(N2CCN(C(=O)N(CC3CCN(S(C)(=O)=O)CC3)c3ccc(C#N)cc3)CC2)c2ccc(Cl)cc21.Cc1nccn1CC1=Cc2cccnc2C(N2CCN(C(=O)N(CC3CCNCC3)c3ccc(C#N)cc3)CC2)c2ccc(Cl)cc21.Cl. The first kappa shape index (κ1) is 70.1. The van der Waals surface area contributed by atoms with Crippen LogP contribution < -0.4 is 15.1 Å². The molecule has 4 saturated heterocycles. The molecule has 0 radical (unpaired) electrons. The van der Waals surface area contributed by atoms with E-state index in [2.05, 4.69) is 88.8 Å². The van der Waals surface area contributed by atoms with E-state index in [1.807, 2.05) is 125 Å². The number of halogens is 3. The second kappa shape index (κ2) is 31.2. The number of anilines is 2. The number of nitriles is 2. The molecule has 6 aliphatic rings. The number of imidazole rings is 2. The van der Waals surface area contributed by atoms with Gasteiger partial charge in [0.1, 0.15) is 11.6 Å². The van der Waals surface area contributed by atoms with Crippen molar-refractivity contribution in [3.63, 3.8) is 0 Å². The third kappa shape index (κ3) is 15.8. The summed E-state index contributed by atoms with van der Waals surface area (Å²) in [5.41, 5.74) is 13.6. The van der Waals surface area contributed by atoms with Gasteiger partial charge in [0, 0.05) is 150 Å². The fraction of sp³-hybridized carbons (Fsp3) is 0.360. The lowest BCUT2D eigenvalue weighted by Gasteiger charge is -2.42. The Labute approximate surface area is 595 Å². The molecule has 4 fully saturated rings. The molecular weight excluding hydrogens is 1330 g/mol. The van der Waals surface area contributed by atoms with Gasteiger partial charge in [-0.25, -0.2) is 32.3 Å². The second-order valence-electron chi connectivity index (χ2n) is 26.2. The van der Waals surface area contributed by atoms with Gasteiger partial charge in [0.15, 0.2) is 0 Å². The summed E-state index contributed by atoms with van der Waals surface area (Å²) in [4.78, 5) is 59.9. The fourth-order valence-corrected chi connectivity index (χ4v) is 15.9. The number of nitrogens with one attached hydrogen (secondary N) is 1. The topological polar surface area (TPSA) is 212 Å². The number of rotatable bonds is 13. The van der Waals surface area contributed by atoms with Gasteiger partial charge in [-0.2, -0.15) is 10.5 Å². The summed E-state index contributed by atoms with van der Waals surface area (Å²) >= 11 is 13.3. The van der Waals surface area contributed by atoms with Crippen molar-refractivity contribution in [2.45, 2.75) is 64.7 Å². The highest BCUT2D eigenvalue weighted by atomic mass is 35.5. The molecule has 2 atom stereocenters. The van der Waals surface area contributed by atoms with Crippen LogP contribution >= 0.6 is 35.6 Å². The van der Waals surface area contributed by atoms with E-state index < -0.39 is 10.0 Å². The number of fused-ring (bicyclic) bond motifs is 4. The lowest BCUT2D eigenvalue weighted by Crippen LogP contribution is -2.54. The average Bonchev–Trinajstić information content (AvgIpc) is 1.68. The Balaban J connectivity index is 0.000000187. The number of piperidine rings is 2. The standard InChI is InChI=1S/C38H41ClN8O3S.C37H39ClN8O.ClH/c1-27-41-14-17-45(27)26-31-22-30-4-3-13-42-36(30)37(34-10-7-32(39)23-35(31)34)43-18-20-44(21-19-43)38(48)47(33-8-5-28(24-40)6-9-33)25-29-11-15-46(16-12-29)51(2,49)50;1-26-41-15-16-45(26)25-30-21-29-3-2-12-42-35(29)36(33-9-6-31(38)22-34(30)33)43-17-19-44(20-18-43)37(47)46(24-28-10-13-40-14-11-28)32-7-4-27(23-39)5-8-32;/h3-10,13-14,17,22-23,29,37H,11-12,15-16,18-21,25-26H2,1-2H3;2-9,12,15-16,21-22,28,36,40H,10-11,13-14,17-20,24-25H2,1H3;1H. The van der Waals surface area contributed by atoms with Crippen molar-refractivity contribution < 1.29 is 18.0 Å². The van der Waals surface area contributed by atoms with Gasteiger partial charge in [0.05, 0.1) is 53.0 Å². The molecule has 99 heavy (non-hydrogen) atoms. The predicted octanol–water partition coefficient (Wildman–Crippen LogP) is 12.1. The maximum absolute atomic E-state index is 14.4. The molecule has 0 saturated carbocycles. The molecule has 24 heteroatoms. The molecule has 0 spiro atoms. The summed E-state index contributed by atoms with van der Waals surface area (Å²) in [6, 6.07) is 39.1. The van der Waals surface area contributed by atoms with Gasteiger partial charge in [0.25, 0.3) is 0 Å². The predicted molar refractivity (Wildman–Crippen MR) is 391 cm³/mol. The average molecular weight is 1410 g/mol. The van der Waals surface area contributed by atoms with Crippen LogP contribution in [0.2, 0.25) is 10.0 Å². The third-order valence-corrected chi connectivity index (χ3v) is 21.9. The lowest BCUT2D eigenvalue weighted by molar-refractivity contribution is 0.121. The molecule has 4 aliphatic heterocycles. The van der Waals surface area contributed by atoms with E-state index >= 15 is 0 Å². The maximum atomic E-state index is 14.4. The first-order chi connectivity index (χ1) is 47.6. The van der Waals surface area contributed by atoms with Crippen LogP contribution in [0.1, 0.15) is 105 Å². The highest BCUT2D eigenvalue weighted by Gasteiger charge is 2.39. The minimum absolute atomic E-state index is 0. The highest BCUT2D eigenvalue weighted by Crippen LogP contribution is 2.44. The molecule has 512 valence electrons. The van der Waals surface area contributed by atoms with E-state index in [1.165, 1.54) is 16.1 Å². The van der Waals surface area contributed by atoms with Gasteiger partial charge in [-0.05, 0) is 206 Å². The lowest BCUT2D eigenvalue weighted by atomic mass is 9.93. The highest BCUT2D eigenvalue weighted by molar-refractivity contribution is 7.88. The summed E-state index contributed by atoms with van der Waals surface area (Å²) in [6.45, 7) is 14.3. The molecular formula is C75H81Cl3N16O4S. The second-order valence-corrected chi connectivity index (χ2v) is 29.1. The van der Waals surface area contributed by atoms with E-state index in [0.717, 1.165) is 99.3 Å². The Morgan fingerprint density at radius 1 is 0.556 bits per heavy atom. The molecule has 4 aromatic heterocycles. The Morgan fingerprint density at radius 2 is 0.970 bits per heavy atom. The van der Waals surface area contributed by atoms with Crippen molar-refractivity contribution >= 4 is 92.4 Å². The first-order valence-electron chi connectivity index (χ1n) is 33.7. The quantitative estimate of drug-likeness (QED) is 0.114. The van der Waals surface area contributed by atoms with Gasteiger partial charge in [0.2, 0.25) is 10.0 Å². The number of amides is 4. The van der Waals surface area contributed by atoms with Crippen molar-refractivity contribution in [1.29, 1.82) is 10.5 Å². The van der Waals surface area contributed by atoms with Crippen LogP contribution in [-0.2, 0) is 23.1 Å². The molecule has 1 N–H and O–H groups in total. The number of piperazine rings is 2. The summed E-state index contributed by atoms with van der Waals surface area (Å²) in [7, 11) is -3.25. The molecule has 4 amide bonds. The van der Waals surface area contributed by atoms with Crippen LogP contribution in [0.3, 0.4) is 0 Å². The van der Waals surface area contributed by atoms with Crippen LogP contribution in [0.4, 0.5) is 21.0 Å². The number of carbonyl (C=O) groups is 2. The Hall–Kier alpha value is -8.74. The van der Waals surface area contributed by atoms with Crippen molar-refractivity contribution in [3.05, 3.63) is 224 Å². The number of nitrogens with zero attached hydrogens (tertiary/aromatic N) is 15. The minimum Gasteiger partial charge on any atom is -0.331 e. The maximum Gasteiger partial charge on any atom is 0.324 e. The van der Waals surface area contributed by atoms with Gasteiger partial charge in [-0.1, -0.05) is 47.5 Å². The fourth-order valence-electron chi connectivity index (χ4n) is 14.7. The monoisotopic (exact) mass is 1410 g/mol. The van der Waals surface area contributed by atoms with Crippen molar-refractivity contribution in [3.8, 4) is 12.1 Å². The van der Waals surface area contributed by atoms with E-state index in [0.29, 0.717) is 132 Å². The zero-order chi connectivity index (χ0) is 68.0. The Morgan fingerprint density at radius 3 is 1.35 bits per heavy atom. The van der Waals surface area contributed by atoms with Crippen molar-refractivity contribution in [1.82, 2.24) is 58.3 Å². The number of hydrogen-bond donors (Lipinski definition) is 1. The van der Waals surface area contributed by atoms with Crippen LogP contribution in [0.5, 0.6) is 0 Å². The summed E-state index contributed by atoms with van der Waals surface area (Å²) in [5, 5.41) is 23.5. The van der Waals surface area contributed by atoms with Crippen molar-refractivity contribution in [2.24, 2.45) is 11.8 Å². The Kier molecular flexibility index (Phi) is 22.1. The molecule has 8 aromatic rings. The molecule has 4 aromatic carbocycles. The van der Waals surface area contributed by atoms with E-state index in [9.17, 15) is 28.5 Å². The zero-order valence-corrected chi connectivity index (χ0v) is 59.0. The van der Waals surface area contributed by atoms with E-state index in [4.69, 9.17) is 33.2 Å². The number of aryl methyl sites for hydroxylation is 2. The summed E-state index contributed by atoms with van der Waals surface area (Å²) in [5.74, 6) is 2.47. The smallest absolute Gasteiger partial charge is 0.324 e. The summed E-state index contributed by atoms with van der Waals surface area (Å²) < 4.78 is 30.0. The number of pyridine rings is 2. The molecule has 2 unspecified atom stereocenters. The van der Waals surface area contributed by atoms with E-state index in [-0.39, 0.29) is 42.5 Å². The molecule has 20 nitrogen and oxygen atoms in total. The Bertz CT molecular complexity index is 4480. The van der Waals surface area contributed by atoms with Crippen LogP contribution in [0, 0.1) is 48.3 Å². The number of carbonyl (C=O) groups excluding carboxylic acids is 2. The number of allylic oxidation sites excluding steroid dienone is 2. The van der Waals surface area contributed by atoms with E-state index in [1.54, 1.807) is 24.3 Å². The van der Waals surface area contributed by atoms with Crippen molar-refractivity contribution in [2.75, 3.05) is 108 Å². The molecule has 14 rings (SSSR count). The van der Waals surface area contributed by atoms with Crippen LogP contribution in [0.15, 0.2) is 146 Å². The zero-order valence-electron chi connectivity index (χ0n) is 55.9. The molecule has 2 aliphatic carbocycles. The number of benzene rings is 4. The molecule has 8 heterocycles. The van der Waals surface area contributed by atoms with Gasteiger partial charge in [-0.15, -0.1) is 12.4 Å². The van der Waals surface area contributed by atoms with Crippen LogP contribution in [0.25, 0.3) is 23.3 Å².